The molecule has 3 heterocycles. The highest BCUT2D eigenvalue weighted by atomic mass is 16.5. The number of hydrogen-bond acceptors (Lipinski definition) is 5. The summed E-state index contributed by atoms with van der Waals surface area (Å²) < 4.78 is 5.42. The van der Waals surface area contributed by atoms with E-state index in [9.17, 15) is 4.79 Å². The molecular weight excluding hydrogens is 388 g/mol. The molecular formula is C25H28N4O2. The number of pyridine rings is 2. The molecule has 1 N–H and O–H groups in total. The fourth-order valence-corrected chi connectivity index (χ4v) is 4.12. The van der Waals surface area contributed by atoms with Gasteiger partial charge in [0, 0.05) is 18.7 Å². The largest absolute Gasteiger partial charge is 0.496 e. The molecule has 1 atom stereocenters. The number of aryl methyl sites for hydroxylation is 2. The monoisotopic (exact) mass is 416 g/mol. The maximum Gasteiger partial charge on any atom is 0.223 e. The first-order valence-electron chi connectivity index (χ1n) is 10.7. The number of ether oxygens (including phenoxy) is 1. The van der Waals surface area contributed by atoms with Gasteiger partial charge in [0.05, 0.1) is 18.8 Å². The fraction of sp³-hybridized carbons (Fsp3) is 0.320. The average Bonchev–Trinajstić information content (AvgIpc) is 3.28. The van der Waals surface area contributed by atoms with E-state index in [1.807, 2.05) is 72.5 Å². The van der Waals surface area contributed by atoms with E-state index in [2.05, 4.69) is 10.3 Å². The predicted molar refractivity (Wildman–Crippen MR) is 121 cm³/mol. The number of carbonyl (C=O) groups excluding carboxylic acids is 1. The third-order valence-electron chi connectivity index (χ3n) is 5.63. The molecule has 160 valence electrons. The quantitative estimate of drug-likeness (QED) is 0.597. The number of hydrogen-bond donors (Lipinski definition) is 1. The number of anilines is 2. The lowest BCUT2D eigenvalue weighted by atomic mass is 10.1. The van der Waals surface area contributed by atoms with Crippen LogP contribution >= 0.6 is 0 Å². The van der Waals surface area contributed by atoms with Crippen molar-refractivity contribution in [1.29, 1.82) is 0 Å². The summed E-state index contributed by atoms with van der Waals surface area (Å²) in [5.74, 6) is 2.50. The van der Waals surface area contributed by atoms with Crippen molar-refractivity contribution in [2.45, 2.75) is 38.6 Å². The Kier molecular flexibility index (Phi) is 6.46. The van der Waals surface area contributed by atoms with Gasteiger partial charge in [-0.1, -0.05) is 30.3 Å². The van der Waals surface area contributed by atoms with Crippen molar-refractivity contribution in [2.75, 3.05) is 19.0 Å². The smallest absolute Gasteiger partial charge is 0.223 e. The van der Waals surface area contributed by atoms with E-state index in [0.717, 1.165) is 53.7 Å². The van der Waals surface area contributed by atoms with E-state index in [1.165, 1.54) is 0 Å². The Morgan fingerprint density at radius 2 is 1.84 bits per heavy atom. The van der Waals surface area contributed by atoms with Gasteiger partial charge in [-0.15, -0.1) is 0 Å². The Balaban J connectivity index is 1.44. The summed E-state index contributed by atoms with van der Waals surface area (Å²) in [7, 11) is 1.66. The third-order valence-corrected chi connectivity index (χ3v) is 5.63. The summed E-state index contributed by atoms with van der Waals surface area (Å²) in [6.45, 7) is 2.73. The number of nitrogens with one attached hydrogen (secondary N) is 1. The number of rotatable bonds is 7. The van der Waals surface area contributed by atoms with Gasteiger partial charge in [0.2, 0.25) is 5.91 Å². The van der Waals surface area contributed by atoms with Crippen LogP contribution in [0.1, 0.15) is 42.3 Å². The van der Waals surface area contributed by atoms with Crippen molar-refractivity contribution in [2.24, 2.45) is 0 Å². The number of para-hydroxylation sites is 1. The fourth-order valence-electron chi connectivity index (χ4n) is 4.12. The number of amides is 1. The highest BCUT2D eigenvalue weighted by Gasteiger charge is 2.30. The molecule has 0 aliphatic carbocycles. The molecule has 6 heteroatoms. The van der Waals surface area contributed by atoms with E-state index in [-0.39, 0.29) is 11.9 Å². The van der Waals surface area contributed by atoms with Gasteiger partial charge in [0.1, 0.15) is 17.4 Å². The molecule has 1 fully saturated rings. The Morgan fingerprint density at radius 1 is 1.06 bits per heavy atom. The number of benzene rings is 1. The minimum atomic E-state index is 0.0115. The number of likely N-dealkylation sites (tertiary alicyclic amines) is 1. The second kappa shape index (κ2) is 9.60. The van der Waals surface area contributed by atoms with Crippen LogP contribution in [0.4, 0.5) is 11.6 Å². The molecule has 6 nitrogen and oxygen atoms in total. The Hall–Kier alpha value is -3.41. The first-order valence-corrected chi connectivity index (χ1v) is 10.7. The predicted octanol–water partition coefficient (Wildman–Crippen LogP) is 4.83. The van der Waals surface area contributed by atoms with Crippen LogP contribution in [0.15, 0.2) is 60.7 Å². The van der Waals surface area contributed by atoms with Gasteiger partial charge in [0.25, 0.3) is 0 Å². The summed E-state index contributed by atoms with van der Waals surface area (Å²) in [6, 6.07) is 19.6. The van der Waals surface area contributed by atoms with Gasteiger partial charge < -0.3 is 15.0 Å². The molecule has 1 saturated heterocycles. The van der Waals surface area contributed by atoms with Crippen LogP contribution in [0.5, 0.6) is 5.75 Å². The second-order valence-corrected chi connectivity index (χ2v) is 7.79. The molecule has 0 spiro atoms. The van der Waals surface area contributed by atoms with Crippen LogP contribution in [0, 0.1) is 6.92 Å². The zero-order valence-electron chi connectivity index (χ0n) is 18.0. The Morgan fingerprint density at radius 3 is 2.65 bits per heavy atom. The molecule has 1 amide bonds. The summed E-state index contributed by atoms with van der Waals surface area (Å²) >= 11 is 0. The molecule has 0 radical (unpaired) electrons. The minimum absolute atomic E-state index is 0.0115. The number of nitrogens with zero attached hydrogens (tertiary/aromatic N) is 3. The second-order valence-electron chi connectivity index (χ2n) is 7.79. The van der Waals surface area contributed by atoms with E-state index in [1.54, 1.807) is 7.11 Å². The minimum Gasteiger partial charge on any atom is -0.496 e. The summed E-state index contributed by atoms with van der Waals surface area (Å²) in [5, 5.41) is 3.27. The highest BCUT2D eigenvalue weighted by molar-refractivity contribution is 5.77. The van der Waals surface area contributed by atoms with E-state index < -0.39 is 0 Å². The molecule has 31 heavy (non-hydrogen) atoms. The van der Waals surface area contributed by atoms with Crippen molar-refractivity contribution in [1.82, 2.24) is 14.9 Å². The van der Waals surface area contributed by atoms with E-state index >= 15 is 0 Å². The van der Waals surface area contributed by atoms with Gasteiger partial charge in [-0.3, -0.25) is 4.79 Å². The zero-order chi connectivity index (χ0) is 21.6. The van der Waals surface area contributed by atoms with Gasteiger partial charge in [-0.25, -0.2) is 9.97 Å². The Labute approximate surface area is 183 Å². The summed E-state index contributed by atoms with van der Waals surface area (Å²) in [5.41, 5.74) is 2.92. The lowest BCUT2D eigenvalue weighted by Crippen LogP contribution is -2.31. The lowest BCUT2D eigenvalue weighted by molar-refractivity contribution is -0.132. The summed E-state index contributed by atoms with van der Waals surface area (Å²) in [6.07, 6.45) is 3.05. The molecule has 1 aliphatic rings. The highest BCUT2D eigenvalue weighted by Crippen LogP contribution is 2.32. The van der Waals surface area contributed by atoms with Crippen molar-refractivity contribution in [3.05, 3.63) is 77.6 Å². The van der Waals surface area contributed by atoms with Crippen molar-refractivity contribution < 1.29 is 9.53 Å². The number of aromatic nitrogens is 2. The SMILES string of the molecule is COc1ccccc1CCC(=O)N1CCCC1c1cccc(Nc2cccc(C)n2)n1. The van der Waals surface area contributed by atoms with Crippen LogP contribution in [0.25, 0.3) is 0 Å². The molecule has 0 bridgehead atoms. The van der Waals surface area contributed by atoms with Gasteiger partial charge in [0.15, 0.2) is 0 Å². The molecule has 1 aliphatic heterocycles. The van der Waals surface area contributed by atoms with E-state index in [4.69, 9.17) is 9.72 Å². The van der Waals surface area contributed by atoms with Gasteiger partial charge in [-0.05, 0) is 62.1 Å². The molecule has 1 unspecified atom stereocenters. The third kappa shape index (κ3) is 5.02. The van der Waals surface area contributed by atoms with Crippen LogP contribution in [0.2, 0.25) is 0 Å². The lowest BCUT2D eigenvalue weighted by Gasteiger charge is -2.25. The van der Waals surface area contributed by atoms with Crippen molar-refractivity contribution in [3.8, 4) is 5.75 Å². The van der Waals surface area contributed by atoms with Crippen LogP contribution in [0.3, 0.4) is 0 Å². The van der Waals surface area contributed by atoms with Crippen LogP contribution < -0.4 is 10.1 Å². The maximum absolute atomic E-state index is 13.0. The van der Waals surface area contributed by atoms with Gasteiger partial charge in [-0.2, -0.15) is 0 Å². The maximum atomic E-state index is 13.0. The first kappa shape index (κ1) is 20.8. The zero-order valence-corrected chi connectivity index (χ0v) is 18.0. The first-order chi connectivity index (χ1) is 15.1. The Bertz CT molecular complexity index is 1050. The molecule has 3 aromatic rings. The average molecular weight is 417 g/mol. The molecule has 2 aromatic heterocycles. The molecule has 4 rings (SSSR count). The van der Waals surface area contributed by atoms with E-state index in [0.29, 0.717) is 12.8 Å². The van der Waals surface area contributed by atoms with Crippen molar-refractivity contribution in [3.63, 3.8) is 0 Å². The van der Waals surface area contributed by atoms with Gasteiger partial charge >= 0.3 is 0 Å². The number of carbonyl (C=O) groups is 1. The number of methoxy groups -OCH3 is 1. The molecule has 0 saturated carbocycles. The molecule has 1 aromatic carbocycles. The standard InChI is InChI=1S/C25H28N4O2/c1-18-8-5-13-23(26-18)28-24-14-6-10-20(27-24)21-11-7-17-29(21)25(30)16-15-19-9-3-4-12-22(19)31-2/h3-6,8-10,12-14,21H,7,11,15-17H2,1-2H3,(H,26,27,28). The normalized spacial score (nSPS) is 15.7. The van der Waals surface area contributed by atoms with Crippen molar-refractivity contribution >= 4 is 17.5 Å². The van der Waals surface area contributed by atoms with Crippen LogP contribution in [-0.2, 0) is 11.2 Å². The van der Waals surface area contributed by atoms with Crippen LogP contribution in [-0.4, -0.2) is 34.4 Å². The summed E-state index contributed by atoms with van der Waals surface area (Å²) in [4.78, 5) is 24.3. The topological polar surface area (TPSA) is 67.3 Å².